The predicted octanol–water partition coefficient (Wildman–Crippen LogP) is -5.42. The van der Waals surface area contributed by atoms with Crippen molar-refractivity contribution >= 4 is 11.8 Å². The van der Waals surface area contributed by atoms with E-state index >= 15 is 0 Å². The van der Waals surface area contributed by atoms with E-state index in [9.17, 15) is 51.1 Å². The molecule has 0 spiro atoms. The summed E-state index contributed by atoms with van der Waals surface area (Å²) < 4.78 is 28.2. The Bertz CT molecular complexity index is 690. The minimum absolute atomic E-state index is 0.167. The Labute approximate surface area is 217 Å². The van der Waals surface area contributed by atoms with E-state index in [0.717, 1.165) is 0 Å². The monoisotopic (exact) mass is 562 g/mol. The van der Waals surface area contributed by atoms with Crippen LogP contribution in [-0.4, -0.2) is 168 Å². The highest BCUT2D eigenvalue weighted by Gasteiger charge is 2.53. The van der Waals surface area contributed by atoms with E-state index in [1.165, 1.54) is 0 Å². The molecule has 0 aromatic rings. The fourth-order valence-electron chi connectivity index (χ4n) is 4.37. The number of ether oxygens (including phenoxy) is 5. The maximum atomic E-state index is 10.9. The molecule has 15 nitrogen and oxygen atoms in total. The second-order valence-corrected chi connectivity index (χ2v) is 10.5. The zero-order valence-electron chi connectivity index (χ0n) is 20.1. The molecule has 0 radical (unpaired) electrons. The third kappa shape index (κ3) is 6.74. The first-order chi connectivity index (χ1) is 17.6. The summed E-state index contributed by atoms with van der Waals surface area (Å²) in [6.07, 6.45) is -18.9. The standard InChI is InChI=1S/C21H38O15S/c1-2-3-32-19-17(14(29)11(26)7(4-22)33-19)36-20-18(15(30)12(27)8(5-23)34-20)37-21-16(31)13(28)10(25)9(6-24)35-21/h7-31H,2-6H2,1H3/t7-,8-,9-,10-,11-,12-,13+,14+,15+,16+,17+,18+,19-,20+,21+/m1/s1. The van der Waals surface area contributed by atoms with Gasteiger partial charge in [0.2, 0.25) is 0 Å². The molecule has 0 saturated carbocycles. The van der Waals surface area contributed by atoms with Crippen LogP contribution in [0, 0.1) is 0 Å². The Kier molecular flexibility index (Phi) is 11.7. The van der Waals surface area contributed by atoms with Crippen LogP contribution in [0.1, 0.15) is 13.3 Å². The molecule has 10 N–H and O–H groups in total. The topological polar surface area (TPSA) is 248 Å². The van der Waals surface area contributed by atoms with Crippen molar-refractivity contribution in [3.05, 3.63) is 0 Å². The van der Waals surface area contributed by atoms with E-state index in [0.29, 0.717) is 18.2 Å². The molecule has 0 aromatic heterocycles. The molecule has 0 unspecified atom stereocenters. The lowest BCUT2D eigenvalue weighted by Gasteiger charge is -2.48. The summed E-state index contributed by atoms with van der Waals surface area (Å²) in [5, 5.41) is 100. The first-order valence-electron chi connectivity index (χ1n) is 12.1. The Balaban J connectivity index is 1.86. The minimum atomic E-state index is -1.70. The summed E-state index contributed by atoms with van der Waals surface area (Å²) in [7, 11) is 0. The molecule has 0 aromatic carbocycles. The smallest absolute Gasteiger partial charge is 0.187 e. The van der Waals surface area contributed by atoms with Gasteiger partial charge in [0, 0.05) is 6.61 Å². The van der Waals surface area contributed by atoms with Crippen molar-refractivity contribution < 1.29 is 74.7 Å². The predicted molar refractivity (Wildman–Crippen MR) is 122 cm³/mol. The van der Waals surface area contributed by atoms with Crippen molar-refractivity contribution in [1.82, 2.24) is 0 Å². The van der Waals surface area contributed by atoms with Crippen LogP contribution >= 0.6 is 11.8 Å². The van der Waals surface area contributed by atoms with Crippen LogP contribution < -0.4 is 0 Å². The highest BCUT2D eigenvalue weighted by atomic mass is 32.2. The Morgan fingerprint density at radius 1 is 0.622 bits per heavy atom. The van der Waals surface area contributed by atoms with Gasteiger partial charge in [0.1, 0.15) is 66.5 Å². The van der Waals surface area contributed by atoms with Gasteiger partial charge >= 0.3 is 0 Å². The SMILES string of the molecule is CCCO[C@@H]1O[C@H](CO)[C@@H](O)[C@H](O)[C@@H]1O[C@@H]1O[C@H](CO)[C@@H](O)[C@H](O)[C@@H]1S[C@@H]1O[C@H](CO)[C@@H](O)[C@H](O)[C@@H]1O. The summed E-state index contributed by atoms with van der Waals surface area (Å²) in [6, 6.07) is 0. The Hall–Kier alpha value is -0.250. The van der Waals surface area contributed by atoms with Gasteiger partial charge in [-0.3, -0.25) is 0 Å². The molecule has 0 amide bonds. The normalized spacial score (nSPS) is 49.2. The number of hydrogen-bond acceptors (Lipinski definition) is 16. The number of hydrogen-bond donors (Lipinski definition) is 10. The largest absolute Gasteiger partial charge is 0.394 e. The fraction of sp³-hybridized carbons (Fsp3) is 1.00. The molecule has 3 rings (SSSR count). The molecule has 0 aliphatic carbocycles. The molecule has 3 aliphatic heterocycles. The van der Waals surface area contributed by atoms with Gasteiger partial charge in [0.15, 0.2) is 12.6 Å². The van der Waals surface area contributed by atoms with Crippen molar-refractivity contribution in [2.24, 2.45) is 0 Å². The van der Waals surface area contributed by atoms with E-state index in [-0.39, 0.29) is 6.61 Å². The molecule has 3 saturated heterocycles. The van der Waals surface area contributed by atoms with Crippen LogP contribution in [0.3, 0.4) is 0 Å². The number of aliphatic hydroxyl groups excluding tert-OH is 10. The number of thioether (sulfide) groups is 1. The molecule has 3 aliphatic rings. The molecule has 16 heteroatoms. The van der Waals surface area contributed by atoms with Crippen molar-refractivity contribution in [2.75, 3.05) is 26.4 Å². The minimum Gasteiger partial charge on any atom is -0.394 e. The maximum Gasteiger partial charge on any atom is 0.187 e. The average molecular weight is 563 g/mol. The Morgan fingerprint density at radius 3 is 1.70 bits per heavy atom. The first kappa shape index (κ1) is 31.3. The van der Waals surface area contributed by atoms with E-state index < -0.39 is 110 Å². The molecule has 3 fully saturated rings. The lowest BCUT2D eigenvalue weighted by atomic mass is 9.98. The number of aliphatic hydroxyl groups is 10. The average Bonchev–Trinajstić information content (AvgIpc) is 2.90. The van der Waals surface area contributed by atoms with Crippen molar-refractivity contribution in [2.45, 2.75) is 104 Å². The highest BCUT2D eigenvalue weighted by Crippen LogP contribution is 2.39. The fourth-order valence-corrected chi connectivity index (χ4v) is 5.79. The van der Waals surface area contributed by atoms with Gasteiger partial charge in [0.25, 0.3) is 0 Å². The first-order valence-corrected chi connectivity index (χ1v) is 13.0. The molecule has 3 heterocycles. The third-order valence-electron chi connectivity index (χ3n) is 6.57. The van der Waals surface area contributed by atoms with Crippen molar-refractivity contribution in [3.8, 4) is 0 Å². The highest BCUT2D eigenvalue weighted by molar-refractivity contribution is 8.00. The second-order valence-electron chi connectivity index (χ2n) is 9.18. The summed E-state index contributed by atoms with van der Waals surface area (Å²) >= 11 is 0.660. The van der Waals surface area contributed by atoms with Gasteiger partial charge < -0.3 is 74.7 Å². The van der Waals surface area contributed by atoms with Gasteiger partial charge in [-0.1, -0.05) is 6.92 Å². The lowest BCUT2D eigenvalue weighted by molar-refractivity contribution is -0.349. The van der Waals surface area contributed by atoms with Gasteiger partial charge in [-0.2, -0.15) is 0 Å². The summed E-state index contributed by atoms with van der Waals surface area (Å²) in [5.74, 6) is 0. The van der Waals surface area contributed by atoms with Crippen LogP contribution in [0.15, 0.2) is 0 Å². The lowest BCUT2D eigenvalue weighted by Crippen LogP contribution is -2.65. The van der Waals surface area contributed by atoms with Gasteiger partial charge in [-0.15, -0.1) is 11.8 Å². The van der Waals surface area contributed by atoms with E-state index in [2.05, 4.69) is 0 Å². The van der Waals surface area contributed by atoms with Gasteiger partial charge in [-0.05, 0) is 6.42 Å². The molecule has 0 bridgehead atoms. The van der Waals surface area contributed by atoms with Crippen molar-refractivity contribution in [1.29, 1.82) is 0 Å². The third-order valence-corrected chi connectivity index (χ3v) is 8.04. The summed E-state index contributed by atoms with van der Waals surface area (Å²) in [4.78, 5) is 0. The molecular formula is C21H38O15S. The van der Waals surface area contributed by atoms with E-state index in [4.69, 9.17) is 23.7 Å². The number of rotatable bonds is 10. The van der Waals surface area contributed by atoms with Crippen molar-refractivity contribution in [3.63, 3.8) is 0 Å². The quantitative estimate of drug-likeness (QED) is 0.119. The van der Waals surface area contributed by atoms with Crippen LogP contribution in [0.25, 0.3) is 0 Å². The maximum absolute atomic E-state index is 10.9. The van der Waals surface area contributed by atoms with E-state index in [1.54, 1.807) is 0 Å². The van der Waals surface area contributed by atoms with Crippen LogP contribution in [-0.2, 0) is 23.7 Å². The zero-order valence-corrected chi connectivity index (χ0v) is 20.9. The second kappa shape index (κ2) is 13.9. The molecule has 37 heavy (non-hydrogen) atoms. The molecule has 218 valence electrons. The van der Waals surface area contributed by atoms with Gasteiger partial charge in [-0.25, -0.2) is 0 Å². The molecular weight excluding hydrogens is 524 g/mol. The molecule has 15 atom stereocenters. The van der Waals surface area contributed by atoms with Crippen LogP contribution in [0.2, 0.25) is 0 Å². The van der Waals surface area contributed by atoms with Crippen LogP contribution in [0.5, 0.6) is 0 Å². The summed E-state index contributed by atoms with van der Waals surface area (Å²) in [6.45, 7) is -0.0455. The summed E-state index contributed by atoms with van der Waals surface area (Å²) in [5.41, 5.74) is -1.34. The van der Waals surface area contributed by atoms with Gasteiger partial charge in [0.05, 0.1) is 31.2 Å². The zero-order chi connectivity index (χ0) is 27.4. The van der Waals surface area contributed by atoms with E-state index in [1.807, 2.05) is 6.92 Å². The van der Waals surface area contributed by atoms with Crippen LogP contribution in [0.4, 0.5) is 0 Å². The Morgan fingerprint density at radius 2 is 1.14 bits per heavy atom.